The molecule has 3 N–H and O–H groups in total. The molecule has 0 bridgehead atoms. The summed E-state index contributed by atoms with van der Waals surface area (Å²) in [5.41, 5.74) is 6.81. The topological polar surface area (TPSA) is 81.1 Å². The van der Waals surface area contributed by atoms with Gasteiger partial charge in [-0.1, -0.05) is 0 Å². The lowest BCUT2D eigenvalue weighted by molar-refractivity contribution is 0.555. The molecule has 0 aliphatic heterocycles. The molecule has 0 unspecified atom stereocenters. The molecule has 6 heteroatoms. The van der Waals surface area contributed by atoms with Gasteiger partial charge in [0.25, 0.3) is 0 Å². The maximum atomic E-state index is 5.76. The molecule has 6 nitrogen and oxygen atoms in total. The van der Waals surface area contributed by atoms with Crippen molar-refractivity contribution in [3.63, 3.8) is 0 Å². The van der Waals surface area contributed by atoms with Crippen LogP contribution in [0.15, 0.2) is 12.4 Å². The van der Waals surface area contributed by atoms with E-state index < -0.39 is 0 Å². The number of hydrogen-bond acceptors (Lipinski definition) is 5. The second-order valence-electron chi connectivity index (χ2n) is 4.77. The monoisotopic (exact) mass is 232 g/mol. The molecule has 3 rings (SSSR count). The molecule has 2 aromatic heterocycles. The van der Waals surface area contributed by atoms with Gasteiger partial charge in [-0.2, -0.15) is 0 Å². The van der Waals surface area contributed by atoms with Crippen molar-refractivity contribution in [2.75, 3.05) is 18.4 Å². The van der Waals surface area contributed by atoms with E-state index in [0.29, 0.717) is 0 Å². The zero-order valence-electron chi connectivity index (χ0n) is 9.85. The minimum Gasteiger partial charge on any atom is -0.366 e. The van der Waals surface area contributed by atoms with Crippen LogP contribution in [0.1, 0.15) is 18.7 Å². The molecule has 17 heavy (non-hydrogen) atoms. The summed E-state index contributed by atoms with van der Waals surface area (Å²) in [7, 11) is 0. The molecule has 1 fully saturated rings. The van der Waals surface area contributed by atoms with E-state index in [1.807, 2.05) is 17.5 Å². The van der Waals surface area contributed by atoms with Gasteiger partial charge in [0, 0.05) is 18.9 Å². The van der Waals surface area contributed by atoms with E-state index >= 15 is 0 Å². The normalized spacial score (nSPS) is 17.3. The summed E-state index contributed by atoms with van der Waals surface area (Å²) in [6.07, 6.45) is 6.02. The molecule has 1 aliphatic carbocycles. The molecular weight excluding hydrogens is 216 g/mol. The largest absolute Gasteiger partial charge is 0.366 e. The molecule has 0 spiro atoms. The van der Waals surface area contributed by atoms with Crippen molar-refractivity contribution in [2.24, 2.45) is 11.1 Å². The van der Waals surface area contributed by atoms with Crippen LogP contribution in [-0.4, -0.2) is 32.7 Å². The van der Waals surface area contributed by atoms with Crippen LogP contribution in [0, 0.1) is 12.3 Å². The number of anilines is 1. The Hall–Kier alpha value is -1.69. The maximum absolute atomic E-state index is 5.76. The SMILES string of the molecule is Cc1nnc2c(NCC3(CN)CC3)nccn12. The summed E-state index contributed by atoms with van der Waals surface area (Å²) in [5.74, 6) is 1.65. The smallest absolute Gasteiger partial charge is 0.203 e. The number of nitrogens with one attached hydrogen (secondary N) is 1. The molecule has 1 aliphatic rings. The number of hydrogen-bond donors (Lipinski definition) is 2. The minimum atomic E-state index is 0.281. The quantitative estimate of drug-likeness (QED) is 0.806. The average Bonchev–Trinajstić information content (AvgIpc) is 3.05. The third-order valence-corrected chi connectivity index (χ3v) is 3.52. The Morgan fingerprint density at radius 3 is 3.00 bits per heavy atom. The Morgan fingerprint density at radius 2 is 2.29 bits per heavy atom. The van der Waals surface area contributed by atoms with Gasteiger partial charge in [0.05, 0.1) is 0 Å². The molecule has 0 amide bonds. The van der Waals surface area contributed by atoms with Crippen LogP contribution in [0.3, 0.4) is 0 Å². The van der Waals surface area contributed by atoms with Gasteiger partial charge in [-0.25, -0.2) is 4.98 Å². The number of aromatic nitrogens is 4. The molecule has 2 heterocycles. The third-order valence-electron chi connectivity index (χ3n) is 3.52. The van der Waals surface area contributed by atoms with Crippen LogP contribution >= 0.6 is 0 Å². The van der Waals surface area contributed by atoms with Crippen molar-refractivity contribution in [3.05, 3.63) is 18.2 Å². The molecule has 90 valence electrons. The van der Waals surface area contributed by atoms with Gasteiger partial charge in [-0.05, 0) is 31.7 Å². The lowest BCUT2D eigenvalue weighted by Gasteiger charge is -2.13. The Morgan fingerprint density at radius 1 is 1.47 bits per heavy atom. The number of rotatable bonds is 4. The minimum absolute atomic E-state index is 0.281. The third kappa shape index (κ3) is 1.74. The van der Waals surface area contributed by atoms with E-state index in [1.165, 1.54) is 12.8 Å². The molecule has 0 atom stereocenters. The Labute approximate surface area is 99.3 Å². The van der Waals surface area contributed by atoms with Gasteiger partial charge in [0.1, 0.15) is 5.82 Å². The average molecular weight is 232 g/mol. The lowest BCUT2D eigenvalue weighted by Crippen LogP contribution is -2.24. The molecule has 0 saturated heterocycles. The molecule has 1 saturated carbocycles. The lowest BCUT2D eigenvalue weighted by atomic mass is 10.1. The number of aryl methyl sites for hydroxylation is 1. The Kier molecular flexibility index (Phi) is 2.25. The molecule has 0 aromatic carbocycles. The summed E-state index contributed by atoms with van der Waals surface area (Å²) < 4.78 is 1.93. The number of nitrogens with zero attached hydrogens (tertiary/aromatic N) is 4. The van der Waals surface area contributed by atoms with Crippen molar-refractivity contribution in [3.8, 4) is 0 Å². The number of nitrogens with two attached hydrogens (primary N) is 1. The van der Waals surface area contributed by atoms with Crippen molar-refractivity contribution in [1.82, 2.24) is 19.6 Å². The molecule has 2 aromatic rings. The summed E-state index contributed by atoms with van der Waals surface area (Å²) >= 11 is 0. The van der Waals surface area contributed by atoms with Gasteiger partial charge in [-0.15, -0.1) is 10.2 Å². The first-order valence-electron chi connectivity index (χ1n) is 5.84. The fraction of sp³-hybridized carbons (Fsp3) is 0.545. The van der Waals surface area contributed by atoms with Crippen LogP contribution in [0.5, 0.6) is 0 Å². The van der Waals surface area contributed by atoms with Crippen LogP contribution < -0.4 is 11.1 Å². The van der Waals surface area contributed by atoms with E-state index in [4.69, 9.17) is 5.73 Å². The first kappa shape index (κ1) is 10.5. The van der Waals surface area contributed by atoms with Crippen molar-refractivity contribution in [1.29, 1.82) is 0 Å². The standard InChI is InChI=1S/C11H16N6/c1-8-15-16-10-9(13-4-5-17(8)10)14-7-11(6-12)2-3-11/h4-5H,2-3,6-7,12H2,1H3,(H,13,14). The fourth-order valence-corrected chi connectivity index (χ4v) is 1.97. The van der Waals surface area contributed by atoms with E-state index in [-0.39, 0.29) is 5.41 Å². The first-order valence-corrected chi connectivity index (χ1v) is 5.84. The van der Waals surface area contributed by atoms with Gasteiger partial charge >= 0.3 is 0 Å². The highest BCUT2D eigenvalue weighted by Gasteiger charge is 2.41. The van der Waals surface area contributed by atoms with Gasteiger partial charge < -0.3 is 11.1 Å². The summed E-state index contributed by atoms with van der Waals surface area (Å²) in [6.45, 7) is 3.52. The van der Waals surface area contributed by atoms with Crippen LogP contribution in [0.2, 0.25) is 0 Å². The Balaban J connectivity index is 1.85. The Bertz CT molecular complexity index is 542. The highest BCUT2D eigenvalue weighted by atomic mass is 15.3. The highest BCUT2D eigenvalue weighted by Crippen LogP contribution is 2.44. The second kappa shape index (κ2) is 3.66. The van der Waals surface area contributed by atoms with E-state index in [1.54, 1.807) is 6.20 Å². The predicted molar refractivity (Wildman–Crippen MR) is 64.7 cm³/mol. The summed E-state index contributed by atoms with van der Waals surface area (Å²) in [4.78, 5) is 4.31. The first-order chi connectivity index (χ1) is 8.24. The fourth-order valence-electron chi connectivity index (χ4n) is 1.97. The van der Waals surface area contributed by atoms with E-state index in [2.05, 4.69) is 20.5 Å². The van der Waals surface area contributed by atoms with Crippen LogP contribution in [-0.2, 0) is 0 Å². The second-order valence-corrected chi connectivity index (χ2v) is 4.77. The van der Waals surface area contributed by atoms with Crippen molar-refractivity contribution in [2.45, 2.75) is 19.8 Å². The summed E-state index contributed by atoms with van der Waals surface area (Å²) in [6, 6.07) is 0. The van der Waals surface area contributed by atoms with E-state index in [0.717, 1.165) is 30.4 Å². The van der Waals surface area contributed by atoms with Crippen LogP contribution in [0.4, 0.5) is 5.82 Å². The molecular formula is C11H16N6. The van der Waals surface area contributed by atoms with Crippen LogP contribution in [0.25, 0.3) is 5.65 Å². The highest BCUT2D eigenvalue weighted by molar-refractivity contribution is 5.62. The summed E-state index contributed by atoms with van der Waals surface area (Å²) in [5, 5.41) is 11.5. The van der Waals surface area contributed by atoms with Gasteiger partial charge in [0.15, 0.2) is 5.82 Å². The zero-order chi connectivity index (χ0) is 11.9. The van der Waals surface area contributed by atoms with Gasteiger partial charge in [0.2, 0.25) is 5.65 Å². The zero-order valence-corrected chi connectivity index (χ0v) is 9.85. The molecule has 0 radical (unpaired) electrons. The van der Waals surface area contributed by atoms with E-state index in [9.17, 15) is 0 Å². The van der Waals surface area contributed by atoms with Crippen molar-refractivity contribution >= 4 is 11.5 Å². The van der Waals surface area contributed by atoms with Crippen molar-refractivity contribution < 1.29 is 0 Å². The predicted octanol–water partition coefficient (Wildman–Crippen LogP) is 0.584. The maximum Gasteiger partial charge on any atom is 0.203 e. The number of fused-ring (bicyclic) bond motifs is 1. The van der Waals surface area contributed by atoms with Gasteiger partial charge in [-0.3, -0.25) is 4.40 Å².